The van der Waals surface area contributed by atoms with Gasteiger partial charge in [0.2, 0.25) is 5.91 Å². The molecule has 2 aromatic carbocycles. The zero-order valence-corrected chi connectivity index (χ0v) is 15.8. The van der Waals surface area contributed by atoms with Gasteiger partial charge in [0.1, 0.15) is 0 Å². The second-order valence-corrected chi connectivity index (χ2v) is 7.26. The average molecular weight is 390 g/mol. The Labute approximate surface area is 163 Å². The van der Waals surface area contributed by atoms with E-state index < -0.39 is 11.7 Å². The van der Waals surface area contributed by atoms with E-state index in [9.17, 15) is 18.0 Å². The van der Waals surface area contributed by atoms with Crippen molar-refractivity contribution in [3.8, 4) is 0 Å². The molecule has 1 N–H and O–H groups in total. The van der Waals surface area contributed by atoms with Crippen molar-refractivity contribution in [3.05, 3.63) is 70.8 Å². The molecule has 3 rings (SSSR count). The molecule has 0 atom stereocenters. The molecule has 0 aromatic heterocycles. The third-order valence-electron chi connectivity index (χ3n) is 5.06. The maximum atomic E-state index is 12.8. The van der Waals surface area contributed by atoms with Crippen molar-refractivity contribution < 1.29 is 18.0 Å². The van der Waals surface area contributed by atoms with Crippen molar-refractivity contribution in [2.75, 3.05) is 13.1 Å². The number of hydrogen-bond donors (Lipinski definition) is 1. The van der Waals surface area contributed by atoms with Crippen molar-refractivity contribution in [1.29, 1.82) is 0 Å². The van der Waals surface area contributed by atoms with Crippen molar-refractivity contribution in [2.24, 2.45) is 0 Å². The molecule has 1 amide bonds. The fraction of sp³-hybridized carbons (Fsp3) is 0.409. The number of nitrogens with zero attached hydrogens (tertiary/aromatic N) is 1. The first-order valence-corrected chi connectivity index (χ1v) is 9.64. The lowest BCUT2D eigenvalue weighted by Crippen LogP contribution is -2.30. The van der Waals surface area contributed by atoms with E-state index in [4.69, 9.17) is 0 Å². The van der Waals surface area contributed by atoms with Gasteiger partial charge in [-0.1, -0.05) is 48.9 Å². The smallest absolute Gasteiger partial charge is 0.352 e. The van der Waals surface area contributed by atoms with Gasteiger partial charge in [-0.25, -0.2) is 0 Å². The highest BCUT2D eigenvalue weighted by atomic mass is 19.4. The molecule has 0 saturated carbocycles. The van der Waals surface area contributed by atoms with Gasteiger partial charge in [0, 0.05) is 13.1 Å². The second-order valence-electron chi connectivity index (χ2n) is 7.26. The number of rotatable bonds is 6. The summed E-state index contributed by atoms with van der Waals surface area (Å²) >= 11 is 0. The van der Waals surface area contributed by atoms with Gasteiger partial charge >= 0.3 is 6.18 Å². The SMILES string of the molecule is O=C(Cc1cccc(C(F)(F)F)c1)NCc1ccccc1CN1CCCCC1. The molecule has 28 heavy (non-hydrogen) atoms. The quantitative estimate of drug-likeness (QED) is 0.785. The molecular weight excluding hydrogens is 365 g/mol. The maximum absolute atomic E-state index is 12.8. The Bertz CT molecular complexity index is 798. The lowest BCUT2D eigenvalue weighted by Gasteiger charge is -2.27. The van der Waals surface area contributed by atoms with Crippen LogP contribution >= 0.6 is 0 Å². The van der Waals surface area contributed by atoms with Crippen LogP contribution in [-0.4, -0.2) is 23.9 Å². The van der Waals surface area contributed by atoms with Crippen LogP contribution in [0, 0.1) is 0 Å². The second kappa shape index (κ2) is 9.24. The lowest BCUT2D eigenvalue weighted by atomic mass is 10.0. The van der Waals surface area contributed by atoms with E-state index in [1.54, 1.807) is 6.07 Å². The summed E-state index contributed by atoms with van der Waals surface area (Å²) in [5.74, 6) is -0.285. The number of carbonyl (C=O) groups excluding carboxylic acids is 1. The van der Waals surface area contributed by atoms with Crippen LogP contribution < -0.4 is 5.32 Å². The Kier molecular flexibility index (Phi) is 6.73. The number of nitrogens with one attached hydrogen (secondary N) is 1. The minimum Gasteiger partial charge on any atom is -0.352 e. The van der Waals surface area contributed by atoms with Gasteiger partial charge in [0.25, 0.3) is 0 Å². The molecule has 1 aliphatic heterocycles. The third-order valence-corrected chi connectivity index (χ3v) is 5.06. The van der Waals surface area contributed by atoms with E-state index in [2.05, 4.69) is 16.3 Å². The van der Waals surface area contributed by atoms with Gasteiger partial charge in [0.15, 0.2) is 0 Å². The van der Waals surface area contributed by atoms with Crippen LogP contribution in [0.4, 0.5) is 13.2 Å². The number of likely N-dealkylation sites (tertiary alicyclic amines) is 1. The Hall–Kier alpha value is -2.34. The van der Waals surface area contributed by atoms with Crippen molar-refractivity contribution in [1.82, 2.24) is 10.2 Å². The number of carbonyl (C=O) groups is 1. The van der Waals surface area contributed by atoms with Crippen molar-refractivity contribution in [3.63, 3.8) is 0 Å². The minimum atomic E-state index is -4.40. The summed E-state index contributed by atoms with van der Waals surface area (Å²) in [5.41, 5.74) is 1.85. The zero-order valence-electron chi connectivity index (χ0n) is 15.8. The van der Waals surface area contributed by atoms with Crippen LogP contribution in [0.5, 0.6) is 0 Å². The molecule has 1 saturated heterocycles. The standard InChI is InChI=1S/C22H25F3N2O/c23-22(24,25)20-10-6-7-17(13-20)14-21(28)26-15-18-8-2-3-9-19(18)16-27-11-4-1-5-12-27/h2-3,6-10,13H,1,4-5,11-12,14-16H2,(H,26,28). The molecule has 1 heterocycles. The minimum absolute atomic E-state index is 0.0712. The molecule has 3 nitrogen and oxygen atoms in total. The van der Waals surface area contributed by atoms with Crippen LogP contribution in [-0.2, 0) is 30.5 Å². The Balaban J connectivity index is 1.57. The molecule has 0 unspecified atom stereocenters. The molecule has 150 valence electrons. The number of halogens is 3. The Morgan fingerprint density at radius 1 is 0.964 bits per heavy atom. The van der Waals surface area contributed by atoms with E-state index in [1.165, 1.54) is 30.9 Å². The number of hydrogen-bond acceptors (Lipinski definition) is 2. The maximum Gasteiger partial charge on any atom is 0.416 e. The lowest BCUT2D eigenvalue weighted by molar-refractivity contribution is -0.137. The largest absolute Gasteiger partial charge is 0.416 e. The highest BCUT2D eigenvalue weighted by Gasteiger charge is 2.30. The first-order valence-electron chi connectivity index (χ1n) is 9.64. The molecule has 2 aromatic rings. The summed E-state index contributed by atoms with van der Waals surface area (Å²) in [4.78, 5) is 14.7. The molecule has 6 heteroatoms. The van der Waals surface area contributed by atoms with Crippen LogP contribution in [0.15, 0.2) is 48.5 Å². The molecule has 0 spiro atoms. The molecule has 0 radical (unpaired) electrons. The molecule has 1 aliphatic rings. The fourth-order valence-corrected chi connectivity index (χ4v) is 3.54. The summed E-state index contributed by atoms with van der Waals surface area (Å²) < 4.78 is 38.4. The highest BCUT2D eigenvalue weighted by molar-refractivity contribution is 5.78. The Morgan fingerprint density at radius 2 is 1.68 bits per heavy atom. The van der Waals surface area contributed by atoms with Gasteiger partial charge in [0.05, 0.1) is 12.0 Å². The van der Waals surface area contributed by atoms with Gasteiger partial charge in [-0.3, -0.25) is 9.69 Å². The summed E-state index contributed by atoms with van der Waals surface area (Å²) in [5, 5.41) is 2.84. The number of amides is 1. The zero-order chi connectivity index (χ0) is 20.0. The topological polar surface area (TPSA) is 32.3 Å². The normalized spacial score (nSPS) is 15.4. The van der Waals surface area contributed by atoms with Gasteiger partial charge in [-0.15, -0.1) is 0 Å². The average Bonchev–Trinajstić information content (AvgIpc) is 2.68. The monoisotopic (exact) mass is 390 g/mol. The van der Waals surface area contributed by atoms with Crippen LogP contribution in [0.3, 0.4) is 0 Å². The molecule has 0 aliphatic carbocycles. The highest BCUT2D eigenvalue weighted by Crippen LogP contribution is 2.29. The predicted octanol–water partition coefficient (Wildman–Crippen LogP) is 4.55. The summed E-state index contributed by atoms with van der Waals surface area (Å²) in [6.45, 7) is 3.42. The number of piperidine rings is 1. The molecule has 0 bridgehead atoms. The Morgan fingerprint density at radius 3 is 2.39 bits per heavy atom. The first kappa shape index (κ1) is 20.4. The van der Waals surface area contributed by atoms with Crippen LogP contribution in [0.2, 0.25) is 0 Å². The molecular formula is C22H25F3N2O. The molecule has 1 fully saturated rings. The van der Waals surface area contributed by atoms with E-state index in [0.29, 0.717) is 12.1 Å². The summed E-state index contributed by atoms with van der Waals surface area (Å²) in [6, 6.07) is 12.9. The van der Waals surface area contributed by atoms with Crippen molar-refractivity contribution in [2.45, 2.75) is 44.9 Å². The third kappa shape index (κ3) is 5.83. The summed E-state index contributed by atoms with van der Waals surface area (Å²) in [6.07, 6.45) is -0.756. The van der Waals surface area contributed by atoms with E-state index in [-0.39, 0.29) is 12.3 Å². The fourth-order valence-electron chi connectivity index (χ4n) is 3.54. The van der Waals surface area contributed by atoms with E-state index >= 15 is 0 Å². The van der Waals surface area contributed by atoms with Gasteiger partial charge in [-0.05, 0) is 48.7 Å². The van der Waals surface area contributed by atoms with E-state index in [1.807, 2.05) is 18.2 Å². The first-order chi connectivity index (χ1) is 13.4. The number of alkyl halides is 3. The number of benzene rings is 2. The van der Waals surface area contributed by atoms with Gasteiger partial charge < -0.3 is 5.32 Å². The summed E-state index contributed by atoms with van der Waals surface area (Å²) in [7, 11) is 0. The predicted molar refractivity (Wildman–Crippen MR) is 103 cm³/mol. The van der Waals surface area contributed by atoms with Crippen LogP contribution in [0.1, 0.15) is 41.5 Å². The van der Waals surface area contributed by atoms with E-state index in [0.717, 1.165) is 37.3 Å². The van der Waals surface area contributed by atoms with Crippen LogP contribution in [0.25, 0.3) is 0 Å². The van der Waals surface area contributed by atoms with Gasteiger partial charge in [-0.2, -0.15) is 13.2 Å². The van der Waals surface area contributed by atoms with Crippen molar-refractivity contribution >= 4 is 5.91 Å².